The first-order valence-electron chi connectivity index (χ1n) is 5.06. The summed E-state index contributed by atoms with van der Waals surface area (Å²) < 4.78 is 0. The Bertz CT molecular complexity index is 455. The monoisotopic (exact) mass is 204 g/mol. The summed E-state index contributed by atoms with van der Waals surface area (Å²) in [5.74, 6) is 0.489. The minimum absolute atomic E-state index is 0.00255. The van der Waals surface area contributed by atoms with E-state index in [-0.39, 0.29) is 5.91 Å². The van der Waals surface area contributed by atoms with Crippen LogP contribution in [0.3, 0.4) is 0 Å². The molecule has 3 heterocycles. The minimum atomic E-state index is -0.00255. The number of anilines is 1. The van der Waals surface area contributed by atoms with Crippen LogP contribution < -0.4 is 16.4 Å². The number of pyridine rings is 1. The van der Waals surface area contributed by atoms with Crippen LogP contribution >= 0.6 is 0 Å². The number of carbonyl (C=O) groups excluding carboxylic acids is 1. The number of hydrogen-bond acceptors (Lipinski definition) is 4. The lowest BCUT2D eigenvalue weighted by Gasteiger charge is -2.19. The summed E-state index contributed by atoms with van der Waals surface area (Å²) in [6, 6.07) is 0. The molecule has 0 bridgehead atoms. The zero-order valence-electron chi connectivity index (χ0n) is 8.26. The van der Waals surface area contributed by atoms with Crippen molar-refractivity contribution in [1.29, 1.82) is 0 Å². The second-order valence-corrected chi connectivity index (χ2v) is 3.89. The molecular weight excluding hydrogens is 192 g/mol. The summed E-state index contributed by atoms with van der Waals surface area (Å²) in [5, 5.41) is 6.02. The van der Waals surface area contributed by atoms with Crippen molar-refractivity contribution in [3.05, 3.63) is 22.4 Å². The molecule has 5 heteroatoms. The van der Waals surface area contributed by atoms with Crippen LogP contribution in [-0.4, -0.2) is 17.4 Å². The fourth-order valence-electron chi connectivity index (χ4n) is 2.28. The van der Waals surface area contributed by atoms with Gasteiger partial charge in [0.2, 0.25) is 0 Å². The van der Waals surface area contributed by atoms with Crippen LogP contribution in [0.1, 0.15) is 27.2 Å². The molecule has 1 aromatic rings. The fourth-order valence-corrected chi connectivity index (χ4v) is 2.28. The highest BCUT2D eigenvalue weighted by Crippen LogP contribution is 2.28. The summed E-state index contributed by atoms with van der Waals surface area (Å²) in [6.07, 6.45) is 0.859. The molecule has 0 spiro atoms. The van der Waals surface area contributed by atoms with Crippen molar-refractivity contribution in [3.63, 3.8) is 0 Å². The molecule has 3 rings (SSSR count). The van der Waals surface area contributed by atoms with Crippen LogP contribution in [0.4, 0.5) is 5.82 Å². The Morgan fingerprint density at radius 2 is 2.13 bits per heavy atom. The van der Waals surface area contributed by atoms with E-state index in [0.717, 1.165) is 35.3 Å². The zero-order valence-corrected chi connectivity index (χ0v) is 8.26. The van der Waals surface area contributed by atoms with Crippen molar-refractivity contribution >= 4 is 11.7 Å². The molecule has 0 aromatic carbocycles. The molecular formula is C10H12N4O. The van der Waals surface area contributed by atoms with Gasteiger partial charge in [-0.15, -0.1) is 0 Å². The molecule has 0 saturated heterocycles. The first-order valence-corrected chi connectivity index (χ1v) is 5.06. The third-order valence-electron chi connectivity index (χ3n) is 3.01. The van der Waals surface area contributed by atoms with Crippen LogP contribution in [0.5, 0.6) is 0 Å². The molecule has 15 heavy (non-hydrogen) atoms. The van der Waals surface area contributed by atoms with Crippen molar-refractivity contribution < 1.29 is 4.79 Å². The minimum Gasteiger partial charge on any atom is -0.383 e. The van der Waals surface area contributed by atoms with Crippen LogP contribution in [0.2, 0.25) is 0 Å². The number of aromatic nitrogens is 1. The molecule has 2 aliphatic rings. The molecule has 0 atom stereocenters. The highest BCUT2D eigenvalue weighted by atomic mass is 16.1. The first kappa shape index (κ1) is 8.67. The van der Waals surface area contributed by atoms with Gasteiger partial charge in [-0.2, -0.15) is 0 Å². The Morgan fingerprint density at radius 1 is 1.27 bits per heavy atom. The van der Waals surface area contributed by atoms with E-state index in [0.29, 0.717) is 18.9 Å². The van der Waals surface area contributed by atoms with Crippen LogP contribution in [0, 0.1) is 0 Å². The Kier molecular flexibility index (Phi) is 1.70. The zero-order chi connectivity index (χ0) is 10.4. The Hall–Kier alpha value is -1.62. The number of nitrogens with two attached hydrogens (primary N) is 1. The highest BCUT2D eigenvalue weighted by Gasteiger charge is 2.28. The van der Waals surface area contributed by atoms with Gasteiger partial charge in [0.25, 0.3) is 5.91 Å². The molecule has 5 nitrogen and oxygen atoms in total. The van der Waals surface area contributed by atoms with Crippen LogP contribution in [0.25, 0.3) is 0 Å². The lowest BCUT2D eigenvalue weighted by atomic mass is 9.97. The van der Waals surface area contributed by atoms with Gasteiger partial charge in [0, 0.05) is 18.7 Å². The maximum atomic E-state index is 11.7. The van der Waals surface area contributed by atoms with Gasteiger partial charge in [-0.3, -0.25) is 4.79 Å². The number of nitrogens with one attached hydrogen (secondary N) is 2. The Morgan fingerprint density at radius 3 is 3.00 bits per heavy atom. The van der Waals surface area contributed by atoms with E-state index in [4.69, 9.17) is 5.73 Å². The number of rotatable bonds is 0. The topological polar surface area (TPSA) is 80.0 Å². The van der Waals surface area contributed by atoms with Crippen molar-refractivity contribution in [2.75, 3.05) is 12.3 Å². The molecule has 4 N–H and O–H groups in total. The van der Waals surface area contributed by atoms with Gasteiger partial charge in [0.05, 0.1) is 11.3 Å². The summed E-state index contributed by atoms with van der Waals surface area (Å²) in [6.45, 7) is 2.13. The van der Waals surface area contributed by atoms with Gasteiger partial charge < -0.3 is 16.4 Å². The number of carbonyl (C=O) groups is 1. The lowest BCUT2D eigenvalue weighted by Crippen LogP contribution is -2.27. The standard InChI is InChI=1S/C10H12N4O/c11-9-6-3-13-10(15)8(6)5-1-2-12-4-7(5)14-9/h12H,1-4H2,(H2,11,14)(H,13,15). The molecule has 78 valence electrons. The number of nitrogens with zero attached hydrogens (tertiary/aromatic N) is 1. The molecule has 2 aliphatic heterocycles. The van der Waals surface area contributed by atoms with Crippen LogP contribution in [-0.2, 0) is 19.5 Å². The van der Waals surface area contributed by atoms with Crippen molar-refractivity contribution in [1.82, 2.24) is 15.6 Å². The molecule has 1 amide bonds. The molecule has 0 unspecified atom stereocenters. The number of fused-ring (bicyclic) bond motifs is 3. The van der Waals surface area contributed by atoms with Gasteiger partial charge >= 0.3 is 0 Å². The van der Waals surface area contributed by atoms with E-state index < -0.39 is 0 Å². The summed E-state index contributed by atoms with van der Waals surface area (Å²) in [4.78, 5) is 16.0. The van der Waals surface area contributed by atoms with E-state index in [1.54, 1.807) is 0 Å². The van der Waals surface area contributed by atoms with Gasteiger partial charge in [-0.1, -0.05) is 0 Å². The number of hydrogen-bond donors (Lipinski definition) is 3. The van der Waals surface area contributed by atoms with E-state index >= 15 is 0 Å². The lowest BCUT2D eigenvalue weighted by molar-refractivity contribution is 0.0964. The smallest absolute Gasteiger partial charge is 0.252 e. The number of amides is 1. The average Bonchev–Trinajstić information content (AvgIpc) is 2.62. The second-order valence-electron chi connectivity index (χ2n) is 3.89. The van der Waals surface area contributed by atoms with E-state index in [1.807, 2.05) is 0 Å². The highest BCUT2D eigenvalue weighted by molar-refractivity contribution is 6.01. The Labute approximate surface area is 87.1 Å². The van der Waals surface area contributed by atoms with E-state index in [2.05, 4.69) is 15.6 Å². The molecule has 0 aliphatic carbocycles. The summed E-state index contributed by atoms with van der Waals surface area (Å²) in [5.41, 5.74) is 9.48. The molecule has 0 radical (unpaired) electrons. The predicted molar refractivity (Wildman–Crippen MR) is 55.2 cm³/mol. The number of nitrogen functional groups attached to an aromatic ring is 1. The third kappa shape index (κ3) is 1.13. The maximum absolute atomic E-state index is 11.7. The van der Waals surface area contributed by atoms with Crippen molar-refractivity contribution in [2.45, 2.75) is 19.5 Å². The average molecular weight is 204 g/mol. The summed E-state index contributed by atoms with van der Waals surface area (Å²) in [7, 11) is 0. The third-order valence-corrected chi connectivity index (χ3v) is 3.01. The Balaban J connectivity index is 2.28. The molecule has 0 fully saturated rings. The normalized spacial score (nSPS) is 18.3. The van der Waals surface area contributed by atoms with Crippen molar-refractivity contribution in [3.8, 4) is 0 Å². The van der Waals surface area contributed by atoms with Gasteiger partial charge in [0.15, 0.2) is 0 Å². The molecule has 1 aromatic heterocycles. The maximum Gasteiger partial charge on any atom is 0.252 e. The van der Waals surface area contributed by atoms with E-state index in [9.17, 15) is 4.79 Å². The second kappa shape index (κ2) is 2.93. The fraction of sp³-hybridized carbons (Fsp3) is 0.400. The first-order chi connectivity index (χ1) is 7.27. The van der Waals surface area contributed by atoms with Crippen LogP contribution in [0.15, 0.2) is 0 Å². The largest absolute Gasteiger partial charge is 0.383 e. The SMILES string of the molecule is Nc1nc2c(c3c1CNC3=O)CCNC2. The van der Waals surface area contributed by atoms with E-state index in [1.165, 1.54) is 0 Å². The van der Waals surface area contributed by atoms with Gasteiger partial charge in [0.1, 0.15) is 5.82 Å². The van der Waals surface area contributed by atoms with Crippen molar-refractivity contribution in [2.24, 2.45) is 0 Å². The molecule has 0 saturated carbocycles. The quantitative estimate of drug-likeness (QED) is 0.535. The summed E-state index contributed by atoms with van der Waals surface area (Å²) >= 11 is 0. The van der Waals surface area contributed by atoms with Gasteiger partial charge in [-0.05, 0) is 18.5 Å². The predicted octanol–water partition coefficient (Wildman–Crippen LogP) is -0.447. The van der Waals surface area contributed by atoms with Gasteiger partial charge in [-0.25, -0.2) is 4.98 Å².